The summed E-state index contributed by atoms with van der Waals surface area (Å²) in [7, 11) is 3.90. The van der Waals surface area contributed by atoms with Gasteiger partial charge in [-0.1, -0.05) is 6.07 Å². The van der Waals surface area contributed by atoms with Crippen molar-refractivity contribution in [1.29, 1.82) is 0 Å². The first-order valence-corrected chi connectivity index (χ1v) is 7.44. The zero-order valence-corrected chi connectivity index (χ0v) is 13.5. The second-order valence-corrected chi connectivity index (χ2v) is 5.43. The lowest BCUT2D eigenvalue weighted by atomic mass is 10.2. The number of nitrogens with zero attached hydrogens (tertiary/aromatic N) is 4. The van der Waals surface area contributed by atoms with Gasteiger partial charge < -0.3 is 10.2 Å². The van der Waals surface area contributed by atoms with E-state index >= 15 is 0 Å². The average Bonchev–Trinajstić information content (AvgIpc) is 2.63. The molecule has 0 fully saturated rings. The van der Waals surface area contributed by atoms with Gasteiger partial charge in [-0.25, -0.2) is 4.98 Å². The molecule has 0 saturated carbocycles. The molecule has 1 amide bonds. The van der Waals surface area contributed by atoms with E-state index in [1.807, 2.05) is 55.4 Å². The minimum atomic E-state index is -0.302. The van der Waals surface area contributed by atoms with E-state index in [0.29, 0.717) is 11.4 Å². The van der Waals surface area contributed by atoms with Gasteiger partial charge in [0.25, 0.3) is 5.91 Å². The summed E-state index contributed by atoms with van der Waals surface area (Å²) in [5.41, 5.74) is 3.39. The van der Waals surface area contributed by atoms with Gasteiger partial charge in [0.1, 0.15) is 5.69 Å². The van der Waals surface area contributed by atoms with Gasteiger partial charge in [-0.15, -0.1) is 0 Å². The third-order valence-corrected chi connectivity index (χ3v) is 3.44. The lowest BCUT2D eigenvalue weighted by Crippen LogP contribution is -2.15. The van der Waals surface area contributed by atoms with Gasteiger partial charge in [0.05, 0.1) is 18.1 Å². The maximum absolute atomic E-state index is 12.4. The van der Waals surface area contributed by atoms with E-state index in [2.05, 4.69) is 20.3 Å². The van der Waals surface area contributed by atoms with Crippen LogP contribution in [0.15, 0.2) is 61.2 Å². The summed E-state index contributed by atoms with van der Waals surface area (Å²) in [5, 5.41) is 2.85. The number of rotatable bonds is 4. The monoisotopic (exact) mass is 319 g/mol. The Bertz CT molecular complexity index is 849. The Morgan fingerprint density at radius 2 is 1.92 bits per heavy atom. The number of aromatic nitrogens is 3. The van der Waals surface area contributed by atoms with Crippen molar-refractivity contribution in [2.75, 3.05) is 24.3 Å². The quantitative estimate of drug-likeness (QED) is 0.800. The van der Waals surface area contributed by atoms with Crippen LogP contribution in [-0.2, 0) is 0 Å². The zero-order chi connectivity index (χ0) is 16.9. The third kappa shape index (κ3) is 3.55. The smallest absolute Gasteiger partial charge is 0.275 e. The van der Waals surface area contributed by atoms with Crippen LogP contribution in [0, 0.1) is 0 Å². The summed E-state index contributed by atoms with van der Waals surface area (Å²) < 4.78 is 0. The molecular weight excluding hydrogens is 302 g/mol. The lowest BCUT2D eigenvalue weighted by molar-refractivity contribution is 0.102. The van der Waals surface area contributed by atoms with Crippen molar-refractivity contribution < 1.29 is 4.79 Å². The predicted octanol–water partition coefficient (Wildman–Crippen LogP) is 2.86. The third-order valence-electron chi connectivity index (χ3n) is 3.44. The summed E-state index contributed by atoms with van der Waals surface area (Å²) in [4.78, 5) is 26.9. The highest BCUT2D eigenvalue weighted by Crippen LogP contribution is 2.18. The summed E-state index contributed by atoms with van der Waals surface area (Å²) in [5.74, 6) is -0.302. The fraction of sp³-hybridized carbons (Fsp3) is 0.111. The normalized spacial score (nSPS) is 10.2. The van der Waals surface area contributed by atoms with E-state index in [0.717, 1.165) is 11.3 Å². The zero-order valence-electron chi connectivity index (χ0n) is 13.5. The molecule has 0 spiro atoms. The number of nitrogens with one attached hydrogen (secondary N) is 1. The Labute approximate surface area is 140 Å². The predicted molar refractivity (Wildman–Crippen MR) is 94.0 cm³/mol. The molecule has 6 heteroatoms. The van der Waals surface area contributed by atoms with E-state index in [-0.39, 0.29) is 11.6 Å². The van der Waals surface area contributed by atoms with Crippen molar-refractivity contribution in [3.05, 3.63) is 66.9 Å². The molecule has 0 bridgehead atoms. The molecule has 0 radical (unpaired) electrons. The Hall–Kier alpha value is -3.28. The summed E-state index contributed by atoms with van der Waals surface area (Å²) >= 11 is 0. The van der Waals surface area contributed by atoms with Crippen molar-refractivity contribution in [3.63, 3.8) is 0 Å². The second kappa shape index (κ2) is 6.87. The van der Waals surface area contributed by atoms with Crippen molar-refractivity contribution in [2.45, 2.75) is 0 Å². The van der Waals surface area contributed by atoms with Crippen molar-refractivity contribution in [3.8, 4) is 11.3 Å². The number of carbonyl (C=O) groups is 1. The molecule has 24 heavy (non-hydrogen) atoms. The highest BCUT2D eigenvalue weighted by Gasteiger charge is 2.11. The minimum Gasteiger partial charge on any atom is -0.378 e. The maximum atomic E-state index is 12.4. The largest absolute Gasteiger partial charge is 0.378 e. The van der Waals surface area contributed by atoms with Gasteiger partial charge in [-0.05, 0) is 30.3 Å². The molecule has 3 rings (SSSR count). The standard InChI is InChI=1S/C18H17N5O/c1-23(2)15-7-3-6-14(9-15)21-18(24)17-12-20-11-16(22-17)13-5-4-8-19-10-13/h3-12H,1-2H3,(H,21,24). The minimum absolute atomic E-state index is 0.256. The van der Waals surface area contributed by atoms with E-state index in [1.54, 1.807) is 18.6 Å². The van der Waals surface area contributed by atoms with Crippen LogP contribution in [0.1, 0.15) is 10.5 Å². The molecule has 3 aromatic rings. The number of benzene rings is 1. The van der Waals surface area contributed by atoms with Crippen LogP contribution < -0.4 is 10.2 Å². The van der Waals surface area contributed by atoms with Crippen molar-refractivity contribution in [1.82, 2.24) is 15.0 Å². The number of anilines is 2. The number of hydrogen-bond acceptors (Lipinski definition) is 5. The summed E-state index contributed by atoms with van der Waals surface area (Å²) in [6.45, 7) is 0. The van der Waals surface area contributed by atoms with Crippen molar-refractivity contribution >= 4 is 17.3 Å². The first-order valence-electron chi connectivity index (χ1n) is 7.44. The molecule has 1 aromatic carbocycles. The molecule has 2 heterocycles. The maximum Gasteiger partial charge on any atom is 0.275 e. The van der Waals surface area contributed by atoms with Crippen LogP contribution >= 0.6 is 0 Å². The van der Waals surface area contributed by atoms with Crippen molar-refractivity contribution in [2.24, 2.45) is 0 Å². The SMILES string of the molecule is CN(C)c1cccc(NC(=O)c2cncc(-c3cccnc3)n2)c1. The molecule has 6 nitrogen and oxygen atoms in total. The number of carbonyl (C=O) groups excluding carboxylic acids is 1. The molecular formula is C18H17N5O. The van der Waals surface area contributed by atoms with Crippen LogP contribution in [0.5, 0.6) is 0 Å². The molecule has 0 aliphatic heterocycles. The van der Waals surface area contributed by atoms with E-state index < -0.39 is 0 Å². The molecule has 120 valence electrons. The lowest BCUT2D eigenvalue weighted by Gasteiger charge is -2.14. The Morgan fingerprint density at radius 3 is 2.67 bits per heavy atom. The van der Waals surface area contributed by atoms with Gasteiger partial charge in [0, 0.05) is 43.4 Å². The van der Waals surface area contributed by atoms with Gasteiger partial charge >= 0.3 is 0 Å². The topological polar surface area (TPSA) is 71.0 Å². The molecule has 0 aliphatic carbocycles. The van der Waals surface area contributed by atoms with Gasteiger partial charge in [-0.3, -0.25) is 14.8 Å². The van der Waals surface area contributed by atoms with Gasteiger partial charge in [0.15, 0.2) is 0 Å². The first kappa shape index (κ1) is 15.6. The molecule has 1 N–H and O–H groups in total. The van der Waals surface area contributed by atoms with Gasteiger partial charge in [-0.2, -0.15) is 0 Å². The fourth-order valence-electron chi connectivity index (χ4n) is 2.19. The number of amides is 1. The first-order chi connectivity index (χ1) is 11.6. The van der Waals surface area contributed by atoms with E-state index in [9.17, 15) is 4.79 Å². The van der Waals surface area contributed by atoms with Crippen LogP contribution in [0.2, 0.25) is 0 Å². The van der Waals surface area contributed by atoms with E-state index in [4.69, 9.17) is 0 Å². The van der Waals surface area contributed by atoms with Crippen LogP contribution in [0.4, 0.5) is 11.4 Å². The second-order valence-electron chi connectivity index (χ2n) is 5.43. The summed E-state index contributed by atoms with van der Waals surface area (Å²) in [6, 6.07) is 11.3. The molecule has 0 unspecified atom stereocenters. The van der Waals surface area contributed by atoms with Crippen LogP contribution in [0.25, 0.3) is 11.3 Å². The Balaban J connectivity index is 1.82. The highest BCUT2D eigenvalue weighted by molar-refractivity contribution is 6.03. The summed E-state index contributed by atoms with van der Waals surface area (Å²) in [6.07, 6.45) is 6.43. The molecule has 0 saturated heterocycles. The van der Waals surface area contributed by atoms with Gasteiger partial charge in [0.2, 0.25) is 0 Å². The number of hydrogen-bond donors (Lipinski definition) is 1. The molecule has 0 aliphatic rings. The Morgan fingerprint density at radius 1 is 1.04 bits per heavy atom. The average molecular weight is 319 g/mol. The van der Waals surface area contributed by atoms with Crippen LogP contribution in [-0.4, -0.2) is 35.0 Å². The fourth-order valence-corrected chi connectivity index (χ4v) is 2.19. The molecule has 2 aromatic heterocycles. The molecule has 0 atom stereocenters. The Kier molecular flexibility index (Phi) is 4.47. The highest BCUT2D eigenvalue weighted by atomic mass is 16.1. The number of pyridine rings is 1. The van der Waals surface area contributed by atoms with E-state index in [1.165, 1.54) is 6.20 Å². The van der Waals surface area contributed by atoms with Crippen LogP contribution in [0.3, 0.4) is 0 Å².